The van der Waals surface area contributed by atoms with Gasteiger partial charge in [-0.2, -0.15) is 0 Å². The molecule has 0 unspecified atom stereocenters. The maximum atomic E-state index is 12.3. The van der Waals surface area contributed by atoms with Gasteiger partial charge < -0.3 is 10.6 Å². The minimum Gasteiger partial charge on any atom is -0.397 e. The Morgan fingerprint density at radius 1 is 1.19 bits per heavy atom. The van der Waals surface area contributed by atoms with Crippen LogP contribution in [0, 0.1) is 0 Å². The summed E-state index contributed by atoms with van der Waals surface area (Å²) in [6.07, 6.45) is 7.40. The molecule has 1 saturated heterocycles. The van der Waals surface area contributed by atoms with Crippen LogP contribution in [0.3, 0.4) is 0 Å². The number of nitrogens with two attached hydrogens (primary N) is 1. The molecule has 1 saturated carbocycles. The topological polar surface area (TPSA) is 62.5 Å². The number of nitrogens with zero attached hydrogens (tertiary/aromatic N) is 3. The van der Waals surface area contributed by atoms with Gasteiger partial charge in [0.1, 0.15) is 0 Å². The Balaban J connectivity index is 1.49. The molecule has 0 spiro atoms. The Kier molecular flexibility index (Phi) is 4.39. The first-order valence-corrected chi connectivity index (χ1v) is 7.94. The van der Waals surface area contributed by atoms with E-state index >= 15 is 0 Å². The van der Waals surface area contributed by atoms with E-state index < -0.39 is 0 Å². The van der Waals surface area contributed by atoms with Crippen molar-refractivity contribution in [2.24, 2.45) is 0 Å². The van der Waals surface area contributed by atoms with E-state index in [1.54, 1.807) is 12.3 Å². The summed E-state index contributed by atoms with van der Waals surface area (Å²) in [6.45, 7) is 3.74. The van der Waals surface area contributed by atoms with Gasteiger partial charge in [-0.1, -0.05) is 12.8 Å². The van der Waals surface area contributed by atoms with Crippen molar-refractivity contribution < 1.29 is 4.79 Å². The first-order chi connectivity index (χ1) is 10.2. The number of pyridine rings is 1. The molecule has 0 aromatic carbocycles. The average molecular weight is 288 g/mol. The SMILES string of the molecule is Nc1ccc(CC(=O)N2CCN(C3CCCC3)CC2)nc1. The van der Waals surface area contributed by atoms with Crippen LogP contribution < -0.4 is 5.73 Å². The molecular formula is C16H24N4O. The Morgan fingerprint density at radius 3 is 2.52 bits per heavy atom. The Hall–Kier alpha value is -1.62. The van der Waals surface area contributed by atoms with Gasteiger partial charge in [0.05, 0.1) is 18.3 Å². The lowest BCUT2D eigenvalue weighted by atomic mass is 10.1. The minimum atomic E-state index is 0.179. The Labute approximate surface area is 126 Å². The van der Waals surface area contributed by atoms with Gasteiger partial charge in [0.2, 0.25) is 5.91 Å². The molecule has 1 aliphatic heterocycles. The summed E-state index contributed by atoms with van der Waals surface area (Å²) in [6, 6.07) is 4.40. The van der Waals surface area contributed by atoms with Gasteiger partial charge in [-0.05, 0) is 25.0 Å². The molecule has 1 aromatic rings. The summed E-state index contributed by atoms with van der Waals surface area (Å²) in [7, 11) is 0. The van der Waals surface area contributed by atoms with E-state index in [0.717, 1.165) is 37.9 Å². The number of hydrogen-bond donors (Lipinski definition) is 1. The van der Waals surface area contributed by atoms with E-state index in [4.69, 9.17) is 5.73 Å². The summed E-state index contributed by atoms with van der Waals surface area (Å²) in [4.78, 5) is 21.1. The van der Waals surface area contributed by atoms with Gasteiger partial charge >= 0.3 is 0 Å². The molecule has 2 aliphatic rings. The number of anilines is 1. The molecular weight excluding hydrogens is 264 g/mol. The quantitative estimate of drug-likeness (QED) is 0.910. The smallest absolute Gasteiger partial charge is 0.228 e. The van der Waals surface area contributed by atoms with E-state index in [-0.39, 0.29) is 5.91 Å². The van der Waals surface area contributed by atoms with Crippen LogP contribution in [0.5, 0.6) is 0 Å². The number of aromatic nitrogens is 1. The normalized spacial score (nSPS) is 20.9. The number of nitrogen functional groups attached to an aromatic ring is 1. The van der Waals surface area contributed by atoms with E-state index in [1.165, 1.54) is 25.7 Å². The molecule has 0 radical (unpaired) electrons. The predicted molar refractivity (Wildman–Crippen MR) is 82.8 cm³/mol. The van der Waals surface area contributed by atoms with Gasteiger partial charge in [-0.25, -0.2) is 0 Å². The Bertz CT molecular complexity index is 474. The van der Waals surface area contributed by atoms with E-state index in [1.807, 2.05) is 11.0 Å². The third-order valence-electron chi connectivity index (χ3n) is 4.69. The van der Waals surface area contributed by atoms with Crippen molar-refractivity contribution in [2.75, 3.05) is 31.9 Å². The van der Waals surface area contributed by atoms with Crippen molar-refractivity contribution in [1.29, 1.82) is 0 Å². The fourth-order valence-electron chi connectivity index (χ4n) is 3.41. The molecule has 2 N–H and O–H groups in total. The number of amides is 1. The number of piperazine rings is 1. The molecule has 3 rings (SSSR count). The third-order valence-corrected chi connectivity index (χ3v) is 4.69. The second kappa shape index (κ2) is 6.43. The van der Waals surface area contributed by atoms with E-state index in [0.29, 0.717) is 12.1 Å². The molecule has 1 aliphatic carbocycles. The summed E-state index contributed by atoms with van der Waals surface area (Å²) >= 11 is 0. The van der Waals surface area contributed by atoms with Crippen molar-refractivity contribution in [3.63, 3.8) is 0 Å². The third kappa shape index (κ3) is 3.53. The zero-order valence-corrected chi connectivity index (χ0v) is 12.5. The largest absolute Gasteiger partial charge is 0.397 e. The second-order valence-corrected chi connectivity index (χ2v) is 6.11. The highest BCUT2D eigenvalue weighted by atomic mass is 16.2. The molecule has 21 heavy (non-hydrogen) atoms. The van der Waals surface area contributed by atoms with Crippen molar-refractivity contribution in [3.05, 3.63) is 24.0 Å². The monoisotopic (exact) mass is 288 g/mol. The van der Waals surface area contributed by atoms with Crippen LogP contribution in [0.2, 0.25) is 0 Å². The van der Waals surface area contributed by atoms with Gasteiger partial charge in [0.15, 0.2) is 0 Å². The van der Waals surface area contributed by atoms with Gasteiger partial charge in [-0.15, -0.1) is 0 Å². The molecule has 1 aromatic heterocycles. The predicted octanol–water partition coefficient (Wildman–Crippen LogP) is 1.29. The lowest BCUT2D eigenvalue weighted by Gasteiger charge is -2.38. The molecule has 0 atom stereocenters. The summed E-state index contributed by atoms with van der Waals surface area (Å²) < 4.78 is 0. The molecule has 2 heterocycles. The molecule has 2 fully saturated rings. The zero-order chi connectivity index (χ0) is 14.7. The summed E-state index contributed by atoms with van der Waals surface area (Å²) in [5, 5.41) is 0. The number of hydrogen-bond acceptors (Lipinski definition) is 4. The summed E-state index contributed by atoms with van der Waals surface area (Å²) in [5.41, 5.74) is 7.05. The van der Waals surface area contributed by atoms with Gasteiger partial charge in [-0.3, -0.25) is 14.7 Å². The maximum absolute atomic E-state index is 12.3. The van der Waals surface area contributed by atoms with Crippen molar-refractivity contribution in [2.45, 2.75) is 38.1 Å². The van der Waals surface area contributed by atoms with Crippen LogP contribution in [-0.2, 0) is 11.2 Å². The first-order valence-electron chi connectivity index (χ1n) is 7.94. The Morgan fingerprint density at radius 2 is 1.90 bits per heavy atom. The number of carbonyl (C=O) groups excluding carboxylic acids is 1. The van der Waals surface area contributed by atoms with Crippen molar-refractivity contribution in [1.82, 2.24) is 14.8 Å². The number of rotatable bonds is 3. The lowest BCUT2D eigenvalue weighted by molar-refractivity contribution is -0.132. The van der Waals surface area contributed by atoms with Gasteiger partial charge in [0, 0.05) is 37.9 Å². The van der Waals surface area contributed by atoms with Crippen molar-refractivity contribution >= 4 is 11.6 Å². The highest BCUT2D eigenvalue weighted by Gasteiger charge is 2.27. The highest BCUT2D eigenvalue weighted by Crippen LogP contribution is 2.24. The van der Waals surface area contributed by atoms with Crippen LogP contribution in [0.1, 0.15) is 31.4 Å². The van der Waals surface area contributed by atoms with E-state index in [9.17, 15) is 4.79 Å². The second-order valence-electron chi connectivity index (χ2n) is 6.11. The summed E-state index contributed by atoms with van der Waals surface area (Å²) in [5.74, 6) is 0.179. The fraction of sp³-hybridized carbons (Fsp3) is 0.625. The van der Waals surface area contributed by atoms with Crippen LogP contribution >= 0.6 is 0 Å². The zero-order valence-electron chi connectivity index (χ0n) is 12.5. The standard InChI is InChI=1S/C16H24N4O/c17-13-5-6-14(18-12-13)11-16(21)20-9-7-19(8-10-20)15-3-1-2-4-15/h5-6,12,15H,1-4,7-11,17H2. The number of carbonyl (C=O) groups is 1. The average Bonchev–Trinajstić information content (AvgIpc) is 3.04. The lowest BCUT2D eigenvalue weighted by Crippen LogP contribution is -2.51. The molecule has 1 amide bonds. The first kappa shape index (κ1) is 14.3. The van der Waals surface area contributed by atoms with E-state index in [2.05, 4.69) is 9.88 Å². The molecule has 114 valence electrons. The maximum Gasteiger partial charge on any atom is 0.228 e. The molecule has 0 bridgehead atoms. The van der Waals surface area contributed by atoms with Crippen LogP contribution in [0.4, 0.5) is 5.69 Å². The van der Waals surface area contributed by atoms with Crippen LogP contribution in [0.25, 0.3) is 0 Å². The molecule has 5 heteroatoms. The van der Waals surface area contributed by atoms with Crippen molar-refractivity contribution in [3.8, 4) is 0 Å². The minimum absolute atomic E-state index is 0.179. The fourth-order valence-corrected chi connectivity index (χ4v) is 3.41. The van der Waals surface area contributed by atoms with Gasteiger partial charge in [0.25, 0.3) is 0 Å². The van der Waals surface area contributed by atoms with Crippen LogP contribution in [0.15, 0.2) is 18.3 Å². The molecule has 5 nitrogen and oxygen atoms in total. The van der Waals surface area contributed by atoms with Crippen LogP contribution in [-0.4, -0.2) is 52.9 Å². The highest BCUT2D eigenvalue weighted by molar-refractivity contribution is 5.78.